The minimum Gasteiger partial charge on any atom is -0.493 e. The molecule has 0 saturated heterocycles. The maximum atomic E-state index is 5.63. The maximum absolute atomic E-state index is 5.63. The number of ether oxygens (including phenoxy) is 4. The average Bonchev–Trinajstić information content (AvgIpc) is 2.45. The van der Waals surface area contributed by atoms with E-state index in [1.807, 2.05) is 32.0 Å². The summed E-state index contributed by atoms with van der Waals surface area (Å²) in [5.74, 6) is 1.57. The van der Waals surface area contributed by atoms with Gasteiger partial charge in [-0.15, -0.1) is 0 Å². The Morgan fingerprint density at radius 2 is 1.53 bits per heavy atom. The van der Waals surface area contributed by atoms with Gasteiger partial charge in [0.25, 0.3) is 0 Å². The monoisotopic (exact) mass is 268 g/mol. The Labute approximate surface area is 115 Å². The molecule has 0 aromatic heterocycles. The quantitative estimate of drug-likeness (QED) is 0.678. The van der Waals surface area contributed by atoms with Crippen molar-refractivity contribution in [3.05, 3.63) is 23.8 Å². The lowest BCUT2D eigenvalue weighted by Crippen LogP contribution is -2.24. The zero-order chi connectivity index (χ0) is 14.3. The van der Waals surface area contributed by atoms with Gasteiger partial charge in [0.1, 0.15) is 0 Å². The summed E-state index contributed by atoms with van der Waals surface area (Å²) in [4.78, 5) is 0. The predicted octanol–water partition coefficient (Wildman–Crippen LogP) is 3.21. The second-order valence-electron chi connectivity index (χ2n) is 4.18. The van der Waals surface area contributed by atoms with Gasteiger partial charge in [-0.3, -0.25) is 0 Å². The molecule has 0 heterocycles. The van der Waals surface area contributed by atoms with Crippen LogP contribution in [0.4, 0.5) is 0 Å². The zero-order valence-corrected chi connectivity index (χ0v) is 12.4. The van der Waals surface area contributed by atoms with E-state index in [-0.39, 0.29) is 12.2 Å². The summed E-state index contributed by atoms with van der Waals surface area (Å²) < 4.78 is 21.8. The fourth-order valence-electron chi connectivity index (χ4n) is 1.96. The van der Waals surface area contributed by atoms with Gasteiger partial charge in [-0.1, -0.05) is 13.0 Å². The third-order valence-corrected chi connectivity index (χ3v) is 3.00. The topological polar surface area (TPSA) is 36.9 Å². The molecule has 0 amide bonds. The number of rotatable bonds is 8. The molecule has 0 aliphatic heterocycles. The summed E-state index contributed by atoms with van der Waals surface area (Å²) in [6.07, 6.45) is -0.242. The highest BCUT2D eigenvalue weighted by molar-refractivity contribution is 5.43. The van der Waals surface area contributed by atoms with E-state index < -0.39 is 0 Å². The highest BCUT2D eigenvalue weighted by Crippen LogP contribution is 2.32. The minimum atomic E-state index is -0.242. The van der Waals surface area contributed by atoms with Crippen molar-refractivity contribution in [1.29, 1.82) is 0 Å². The van der Waals surface area contributed by atoms with Crippen LogP contribution in [0.1, 0.15) is 32.3 Å². The first-order chi connectivity index (χ1) is 9.17. The van der Waals surface area contributed by atoms with Crippen LogP contribution in [0, 0.1) is 0 Å². The minimum absolute atomic E-state index is 0.125. The second kappa shape index (κ2) is 8.02. The summed E-state index contributed by atoms with van der Waals surface area (Å²) in [5.41, 5.74) is 1.10. The Balaban J connectivity index is 2.93. The lowest BCUT2D eigenvalue weighted by Gasteiger charge is -2.24. The summed E-state index contributed by atoms with van der Waals surface area (Å²) in [6, 6.07) is 5.88. The predicted molar refractivity (Wildman–Crippen MR) is 75.0 cm³/mol. The summed E-state index contributed by atoms with van der Waals surface area (Å²) in [7, 11) is 3.26. The Kier molecular flexibility index (Phi) is 6.67. The second-order valence-corrected chi connectivity index (χ2v) is 4.18. The Hall–Kier alpha value is -1.26. The van der Waals surface area contributed by atoms with Crippen LogP contribution in [-0.4, -0.2) is 33.7 Å². The standard InChI is InChI=1S/C15H24O4/c1-6-18-15(19-7-2)11(3)12-8-9-13(16-4)14(10-12)17-5/h8-11,15H,6-7H2,1-5H3. The van der Waals surface area contributed by atoms with Gasteiger partial charge in [-0.25, -0.2) is 0 Å². The molecule has 108 valence electrons. The maximum Gasteiger partial charge on any atom is 0.164 e. The molecule has 1 aromatic rings. The van der Waals surface area contributed by atoms with E-state index in [4.69, 9.17) is 18.9 Å². The molecule has 0 spiro atoms. The van der Waals surface area contributed by atoms with Gasteiger partial charge >= 0.3 is 0 Å². The molecule has 0 N–H and O–H groups in total. The molecule has 4 heteroatoms. The van der Waals surface area contributed by atoms with Crippen molar-refractivity contribution in [2.75, 3.05) is 27.4 Å². The number of benzene rings is 1. The van der Waals surface area contributed by atoms with Crippen LogP contribution in [0.3, 0.4) is 0 Å². The molecule has 1 rings (SSSR count). The molecule has 1 atom stereocenters. The molecule has 4 nitrogen and oxygen atoms in total. The van der Waals surface area contributed by atoms with Gasteiger partial charge in [-0.2, -0.15) is 0 Å². The molecule has 1 aromatic carbocycles. The molecule has 0 aliphatic rings. The highest BCUT2D eigenvalue weighted by atomic mass is 16.7. The van der Waals surface area contributed by atoms with Crippen molar-refractivity contribution < 1.29 is 18.9 Å². The Bertz CT molecular complexity index is 372. The summed E-state index contributed by atoms with van der Waals surface area (Å²) in [5, 5.41) is 0. The van der Waals surface area contributed by atoms with Crippen LogP contribution in [-0.2, 0) is 9.47 Å². The first-order valence-electron chi connectivity index (χ1n) is 6.63. The third-order valence-electron chi connectivity index (χ3n) is 3.00. The molecule has 0 bridgehead atoms. The first-order valence-corrected chi connectivity index (χ1v) is 6.63. The van der Waals surface area contributed by atoms with Crippen LogP contribution in [0.25, 0.3) is 0 Å². The van der Waals surface area contributed by atoms with E-state index in [0.717, 1.165) is 17.1 Å². The van der Waals surface area contributed by atoms with Crippen molar-refractivity contribution >= 4 is 0 Å². The molecular weight excluding hydrogens is 244 g/mol. The lowest BCUT2D eigenvalue weighted by molar-refractivity contribution is -0.147. The van der Waals surface area contributed by atoms with Crippen LogP contribution in [0.5, 0.6) is 11.5 Å². The molecule has 0 aliphatic carbocycles. The smallest absolute Gasteiger partial charge is 0.164 e. The van der Waals surface area contributed by atoms with Crippen LogP contribution in [0.15, 0.2) is 18.2 Å². The van der Waals surface area contributed by atoms with Gasteiger partial charge in [0.05, 0.1) is 14.2 Å². The summed E-state index contributed by atoms with van der Waals surface area (Å²) >= 11 is 0. The average molecular weight is 268 g/mol. The van der Waals surface area contributed by atoms with Gasteiger partial charge < -0.3 is 18.9 Å². The van der Waals surface area contributed by atoms with Crippen molar-refractivity contribution in [3.8, 4) is 11.5 Å². The van der Waals surface area contributed by atoms with Crippen LogP contribution in [0.2, 0.25) is 0 Å². The molecule has 0 fully saturated rings. The van der Waals surface area contributed by atoms with E-state index in [1.165, 1.54) is 0 Å². The molecule has 0 radical (unpaired) electrons. The van der Waals surface area contributed by atoms with Gasteiger partial charge in [0, 0.05) is 19.1 Å². The third kappa shape index (κ3) is 4.11. The van der Waals surface area contributed by atoms with Gasteiger partial charge in [0.2, 0.25) is 0 Å². The van der Waals surface area contributed by atoms with E-state index >= 15 is 0 Å². The van der Waals surface area contributed by atoms with E-state index in [2.05, 4.69) is 6.92 Å². The van der Waals surface area contributed by atoms with E-state index in [9.17, 15) is 0 Å². The van der Waals surface area contributed by atoms with Crippen molar-refractivity contribution in [3.63, 3.8) is 0 Å². The fourth-order valence-corrected chi connectivity index (χ4v) is 1.96. The van der Waals surface area contributed by atoms with Crippen LogP contribution >= 0.6 is 0 Å². The molecule has 19 heavy (non-hydrogen) atoms. The van der Waals surface area contributed by atoms with Crippen molar-refractivity contribution in [2.24, 2.45) is 0 Å². The molecular formula is C15H24O4. The fraction of sp³-hybridized carbons (Fsp3) is 0.600. The van der Waals surface area contributed by atoms with Crippen LogP contribution < -0.4 is 9.47 Å². The lowest BCUT2D eigenvalue weighted by atomic mass is 10.00. The summed E-state index contributed by atoms with van der Waals surface area (Å²) in [6.45, 7) is 7.27. The number of methoxy groups -OCH3 is 2. The first kappa shape index (κ1) is 15.8. The number of hydrogen-bond acceptors (Lipinski definition) is 4. The van der Waals surface area contributed by atoms with E-state index in [1.54, 1.807) is 14.2 Å². The SMILES string of the molecule is CCOC(OCC)C(C)c1ccc(OC)c(OC)c1. The Morgan fingerprint density at radius 1 is 0.947 bits per heavy atom. The van der Waals surface area contributed by atoms with Crippen molar-refractivity contribution in [2.45, 2.75) is 33.0 Å². The van der Waals surface area contributed by atoms with Gasteiger partial charge in [-0.05, 0) is 31.5 Å². The van der Waals surface area contributed by atoms with Gasteiger partial charge in [0.15, 0.2) is 17.8 Å². The number of hydrogen-bond donors (Lipinski definition) is 0. The molecule has 1 unspecified atom stereocenters. The zero-order valence-electron chi connectivity index (χ0n) is 12.4. The molecule has 0 saturated carbocycles. The van der Waals surface area contributed by atoms with Crippen molar-refractivity contribution in [1.82, 2.24) is 0 Å². The Morgan fingerprint density at radius 3 is 2.00 bits per heavy atom. The largest absolute Gasteiger partial charge is 0.493 e. The normalized spacial score (nSPS) is 12.5. The van der Waals surface area contributed by atoms with E-state index in [0.29, 0.717) is 13.2 Å². The highest BCUT2D eigenvalue weighted by Gasteiger charge is 2.20.